The molecule has 1 fully saturated rings. The summed E-state index contributed by atoms with van der Waals surface area (Å²) in [5, 5.41) is 2.74. The Balaban J connectivity index is 1.54. The molecule has 1 atom stereocenters. The number of amides is 3. The lowest BCUT2D eigenvalue weighted by atomic mass is 9.92. The maximum absolute atomic E-state index is 13.2. The van der Waals surface area contributed by atoms with Gasteiger partial charge in [-0.2, -0.15) is 0 Å². The molecule has 0 aliphatic carbocycles. The minimum atomic E-state index is -1.24. The van der Waals surface area contributed by atoms with E-state index in [2.05, 4.69) is 9.88 Å². The van der Waals surface area contributed by atoms with Gasteiger partial charge in [-0.1, -0.05) is 42.5 Å². The van der Waals surface area contributed by atoms with Gasteiger partial charge >= 0.3 is 6.03 Å². The fourth-order valence-electron chi connectivity index (χ4n) is 4.28. The smallest absolute Gasteiger partial charge is 0.325 e. The summed E-state index contributed by atoms with van der Waals surface area (Å²) in [4.78, 5) is 40.0. The minimum Gasteiger partial charge on any atom is -0.497 e. The molecule has 0 saturated carbocycles. The number of ketones is 1. The average Bonchev–Trinajstić information content (AvgIpc) is 3.22. The zero-order valence-corrected chi connectivity index (χ0v) is 19.2. The van der Waals surface area contributed by atoms with Crippen LogP contribution in [0.15, 0.2) is 60.7 Å². The Morgan fingerprint density at radius 1 is 1.03 bits per heavy atom. The maximum Gasteiger partial charge on any atom is 0.325 e. The van der Waals surface area contributed by atoms with Crippen molar-refractivity contribution in [1.82, 2.24) is 14.8 Å². The Morgan fingerprint density at radius 2 is 1.70 bits per heavy atom. The van der Waals surface area contributed by atoms with Crippen LogP contribution < -0.4 is 10.1 Å². The summed E-state index contributed by atoms with van der Waals surface area (Å²) in [6.07, 6.45) is 0. The number of hydrogen-bond donors (Lipinski definition) is 1. The van der Waals surface area contributed by atoms with Gasteiger partial charge in [0, 0.05) is 23.5 Å². The molecule has 2 heterocycles. The number of Topliss-reactive ketones (excluding diaryl/α,β-unsaturated/α-hetero) is 1. The van der Waals surface area contributed by atoms with E-state index in [1.165, 1.54) is 0 Å². The van der Waals surface area contributed by atoms with Gasteiger partial charge in [-0.15, -0.1) is 0 Å². The van der Waals surface area contributed by atoms with Crippen molar-refractivity contribution >= 4 is 17.7 Å². The molecule has 0 bridgehead atoms. The number of imide groups is 1. The number of urea groups is 1. The highest BCUT2D eigenvalue weighted by atomic mass is 16.5. The van der Waals surface area contributed by atoms with E-state index in [0.29, 0.717) is 23.4 Å². The highest BCUT2D eigenvalue weighted by molar-refractivity contribution is 6.11. The Morgan fingerprint density at radius 3 is 2.33 bits per heavy atom. The summed E-state index contributed by atoms with van der Waals surface area (Å²) in [7, 11) is 1.56. The fourth-order valence-corrected chi connectivity index (χ4v) is 4.28. The topological polar surface area (TPSA) is 80.6 Å². The summed E-state index contributed by atoms with van der Waals surface area (Å²) in [6.45, 7) is 5.81. The van der Waals surface area contributed by atoms with Gasteiger partial charge in [-0.25, -0.2) is 4.79 Å². The molecule has 3 amide bonds. The number of carbonyl (C=O) groups is 3. The van der Waals surface area contributed by atoms with Crippen molar-refractivity contribution in [3.63, 3.8) is 0 Å². The maximum atomic E-state index is 13.2. The zero-order chi connectivity index (χ0) is 23.8. The van der Waals surface area contributed by atoms with E-state index in [0.717, 1.165) is 21.9 Å². The normalized spacial score (nSPS) is 17.9. The average molecular weight is 446 g/mol. The molecule has 2 aromatic carbocycles. The van der Waals surface area contributed by atoms with Crippen LogP contribution in [0.2, 0.25) is 0 Å². The summed E-state index contributed by atoms with van der Waals surface area (Å²) in [6, 6.07) is 18.2. The first-order valence-electron chi connectivity index (χ1n) is 10.8. The molecule has 1 N–H and O–H groups in total. The lowest BCUT2D eigenvalue weighted by Crippen LogP contribution is -2.41. The molecule has 4 rings (SSSR count). The summed E-state index contributed by atoms with van der Waals surface area (Å²) in [5.74, 6) is -0.0778. The van der Waals surface area contributed by atoms with Crippen molar-refractivity contribution in [3.8, 4) is 5.75 Å². The third-order valence-corrected chi connectivity index (χ3v) is 6.30. The summed E-state index contributed by atoms with van der Waals surface area (Å²) >= 11 is 0. The molecule has 170 valence electrons. The highest BCUT2D eigenvalue weighted by Gasteiger charge is 2.49. The zero-order valence-electron chi connectivity index (χ0n) is 19.2. The van der Waals surface area contributed by atoms with E-state index in [9.17, 15) is 14.4 Å². The monoisotopic (exact) mass is 445 g/mol. The highest BCUT2D eigenvalue weighted by Crippen LogP contribution is 2.30. The number of hydrogen-bond acceptors (Lipinski definition) is 4. The van der Waals surface area contributed by atoms with Gasteiger partial charge in [-0.3, -0.25) is 14.5 Å². The number of aromatic nitrogens is 1. The molecular formula is C26H27N3O4. The van der Waals surface area contributed by atoms with Crippen molar-refractivity contribution in [1.29, 1.82) is 0 Å². The van der Waals surface area contributed by atoms with Crippen LogP contribution in [0.1, 0.15) is 39.8 Å². The largest absolute Gasteiger partial charge is 0.497 e. The van der Waals surface area contributed by atoms with E-state index >= 15 is 0 Å². The van der Waals surface area contributed by atoms with Gasteiger partial charge in [0.2, 0.25) is 0 Å². The van der Waals surface area contributed by atoms with Gasteiger partial charge in [-0.05, 0) is 50.1 Å². The number of benzene rings is 2. The molecule has 7 heteroatoms. The number of nitrogens with one attached hydrogen (secondary N) is 1. The van der Waals surface area contributed by atoms with Gasteiger partial charge < -0.3 is 14.6 Å². The first-order valence-corrected chi connectivity index (χ1v) is 10.8. The number of nitrogens with zero attached hydrogens (tertiary/aromatic N) is 2. The van der Waals surface area contributed by atoms with Gasteiger partial charge in [0.25, 0.3) is 5.91 Å². The van der Waals surface area contributed by atoms with Crippen LogP contribution in [-0.4, -0.2) is 40.8 Å². The van der Waals surface area contributed by atoms with Crippen LogP contribution in [0, 0.1) is 13.8 Å². The number of methoxy groups -OCH3 is 1. The predicted octanol–water partition coefficient (Wildman–Crippen LogP) is 3.81. The van der Waals surface area contributed by atoms with E-state index in [4.69, 9.17) is 4.74 Å². The van der Waals surface area contributed by atoms with Crippen LogP contribution in [0.25, 0.3) is 0 Å². The Bertz CT molecular complexity index is 1210. The molecule has 7 nitrogen and oxygen atoms in total. The van der Waals surface area contributed by atoms with E-state index < -0.39 is 17.5 Å². The quantitative estimate of drug-likeness (QED) is 0.443. The van der Waals surface area contributed by atoms with Crippen LogP contribution in [0.4, 0.5) is 4.79 Å². The third-order valence-electron chi connectivity index (χ3n) is 6.30. The third kappa shape index (κ3) is 4.02. The first kappa shape index (κ1) is 22.3. The lowest BCUT2D eigenvalue weighted by Gasteiger charge is -2.22. The van der Waals surface area contributed by atoms with Crippen molar-refractivity contribution in [2.75, 3.05) is 13.7 Å². The van der Waals surface area contributed by atoms with Crippen molar-refractivity contribution in [2.24, 2.45) is 0 Å². The van der Waals surface area contributed by atoms with E-state index in [-0.39, 0.29) is 12.3 Å². The number of carbonyl (C=O) groups excluding carboxylic acids is 3. The minimum absolute atomic E-state index is 0.273. The number of aryl methyl sites for hydroxylation is 1. The molecule has 0 radical (unpaired) electrons. The molecule has 1 aromatic heterocycles. The van der Waals surface area contributed by atoms with Crippen LogP contribution in [0.5, 0.6) is 5.75 Å². The Kier molecular flexibility index (Phi) is 5.80. The second-order valence-corrected chi connectivity index (χ2v) is 8.45. The van der Waals surface area contributed by atoms with Crippen LogP contribution >= 0.6 is 0 Å². The molecule has 3 aromatic rings. The predicted molar refractivity (Wildman–Crippen MR) is 124 cm³/mol. The molecule has 0 spiro atoms. The van der Waals surface area contributed by atoms with Crippen molar-refractivity contribution < 1.29 is 19.1 Å². The Hall–Kier alpha value is -3.87. The molecular weight excluding hydrogens is 418 g/mol. The van der Waals surface area contributed by atoms with E-state index in [1.54, 1.807) is 38.3 Å². The molecule has 1 aliphatic rings. The van der Waals surface area contributed by atoms with Crippen LogP contribution in [-0.2, 0) is 16.9 Å². The number of rotatable bonds is 7. The molecule has 33 heavy (non-hydrogen) atoms. The second kappa shape index (κ2) is 8.58. The standard InChI is InChI=1S/C26H27N3O4/c1-17-14-22(18(2)28(17)15-19-8-6-5-7-9-19)23(30)16-29-24(31)26(3,27-25(29)32)20-10-12-21(33-4)13-11-20/h5-14H,15-16H2,1-4H3,(H,27,32). The van der Waals surface area contributed by atoms with Crippen LogP contribution in [0.3, 0.4) is 0 Å². The summed E-state index contributed by atoms with van der Waals surface area (Å²) < 4.78 is 7.23. The summed E-state index contributed by atoms with van der Waals surface area (Å²) in [5.41, 5.74) is 2.78. The van der Waals surface area contributed by atoms with Crippen molar-refractivity contribution in [3.05, 3.63) is 88.7 Å². The molecule has 1 unspecified atom stereocenters. The fraction of sp³-hybridized carbons (Fsp3) is 0.269. The molecule has 1 aliphatic heterocycles. The SMILES string of the molecule is COc1ccc(C2(C)NC(=O)N(CC(=O)c3cc(C)n(Cc4ccccc4)c3C)C2=O)cc1. The van der Waals surface area contributed by atoms with Crippen molar-refractivity contribution in [2.45, 2.75) is 32.9 Å². The molecule has 1 saturated heterocycles. The van der Waals surface area contributed by atoms with Gasteiger partial charge in [0.1, 0.15) is 11.3 Å². The Labute approximate surface area is 193 Å². The van der Waals surface area contributed by atoms with E-state index in [1.807, 2.05) is 50.2 Å². The lowest BCUT2D eigenvalue weighted by molar-refractivity contribution is -0.130. The number of ether oxygens (including phenoxy) is 1. The first-order chi connectivity index (χ1) is 15.7. The van der Waals surface area contributed by atoms with Gasteiger partial charge in [0.05, 0.1) is 13.7 Å². The second-order valence-electron chi connectivity index (χ2n) is 8.45. The van der Waals surface area contributed by atoms with Gasteiger partial charge in [0.15, 0.2) is 5.78 Å².